The van der Waals surface area contributed by atoms with Crippen molar-refractivity contribution in [1.29, 1.82) is 0 Å². The van der Waals surface area contributed by atoms with E-state index in [9.17, 15) is 13.7 Å². The van der Waals surface area contributed by atoms with E-state index in [0.717, 1.165) is 0 Å². The number of carboxylic acid groups (broad SMARTS) is 1. The average Bonchev–Trinajstić information content (AvgIpc) is 1.64. The Bertz CT molecular complexity index is 98.0. The fourth-order valence-electron chi connectivity index (χ4n) is 0.0835. The van der Waals surface area contributed by atoms with E-state index in [1.807, 2.05) is 0 Å². The van der Waals surface area contributed by atoms with E-state index in [-0.39, 0.29) is 0 Å². The van der Waals surface area contributed by atoms with E-state index in [0.29, 0.717) is 0 Å². The Kier molecular flexibility index (Phi) is 2.47. The second-order valence-electron chi connectivity index (χ2n) is 0.871. The summed E-state index contributed by atoms with van der Waals surface area (Å²) in [7, 11) is 0. The average molecular weight is 145 g/mol. The van der Waals surface area contributed by atoms with Gasteiger partial charge in [-0.25, -0.2) is 9.18 Å². The second kappa shape index (κ2) is 2.66. The fourth-order valence-corrected chi connectivity index (χ4v) is 0.167. The van der Waals surface area contributed by atoms with Gasteiger partial charge in [0.2, 0.25) is 0 Å². The fraction of sp³-hybridized carbons (Fsp3) is 0.500. The van der Waals surface area contributed by atoms with Crippen LogP contribution in [-0.4, -0.2) is 22.1 Å². The van der Waals surface area contributed by atoms with E-state index in [2.05, 4.69) is 11.6 Å². The quantitative estimate of drug-likeness (QED) is 0.344. The molecule has 1 unspecified atom stereocenters. The minimum absolute atomic E-state index is 1.15. The van der Waals surface area contributed by atoms with Crippen molar-refractivity contribution in [2.45, 2.75) is 5.75 Å². The van der Waals surface area contributed by atoms with Crippen molar-refractivity contribution >= 4 is 17.7 Å². The summed E-state index contributed by atoms with van der Waals surface area (Å²) in [5.74, 6) is -2.62. The largest absolute Gasteiger partial charge is 0.463 e. The highest BCUT2D eigenvalue weighted by molar-refractivity contribution is 6.19. The maximum atomic E-state index is 11.4. The Balaban J connectivity index is 3.64. The smallest absolute Gasteiger partial charge is 0.439 e. The molecule has 0 aliphatic heterocycles. The predicted octanol–water partition coefficient (Wildman–Crippen LogP) is 1.34. The zero-order chi connectivity index (χ0) is 6.73. The van der Waals surface area contributed by atoms with Crippen LogP contribution in [0.1, 0.15) is 0 Å². The summed E-state index contributed by atoms with van der Waals surface area (Å²) in [5, 5.41) is 6.43. The van der Waals surface area contributed by atoms with Gasteiger partial charge in [0.15, 0.2) is 0 Å². The van der Waals surface area contributed by atoms with Crippen molar-refractivity contribution in [3.63, 3.8) is 0 Å². The molecule has 6 heteroatoms. The summed E-state index contributed by atoms with van der Waals surface area (Å²) in [4.78, 5) is 9.37. The number of amides is 1. The predicted molar refractivity (Wildman–Crippen MR) is 21.7 cm³/mol. The molecule has 48 valence electrons. The molecule has 0 radical (unpaired) electrons. The molecular weight excluding hydrogens is 143 g/mol. The first kappa shape index (κ1) is 7.42. The van der Waals surface area contributed by atoms with Crippen LogP contribution in [-0.2, 0) is 0 Å². The normalized spacial score (nSPS) is 12.9. The minimum atomic E-state index is -2.62. The van der Waals surface area contributed by atoms with Crippen molar-refractivity contribution in [2.75, 3.05) is 0 Å². The van der Waals surface area contributed by atoms with Crippen LogP contribution in [0.5, 0.6) is 0 Å². The molecule has 0 aliphatic carbocycles. The molecule has 0 saturated carbocycles. The first-order valence-corrected chi connectivity index (χ1v) is 1.95. The Labute approximate surface area is 48.4 Å². The van der Waals surface area contributed by atoms with E-state index in [4.69, 9.17) is 5.11 Å². The van der Waals surface area contributed by atoms with Gasteiger partial charge in [-0.15, -0.1) is 0 Å². The second-order valence-corrected chi connectivity index (χ2v) is 1.23. The van der Waals surface area contributed by atoms with Gasteiger partial charge in [0, 0.05) is 0 Å². The molecule has 1 N–H and O–H groups in total. The lowest BCUT2D eigenvalue weighted by Gasteiger charge is -2.04. The number of hydrogen-bond donors (Lipinski definition) is 1. The summed E-state index contributed by atoms with van der Waals surface area (Å²) in [6, 6.07) is 0. The molecular formula is C2H2ClF2NO2. The van der Waals surface area contributed by atoms with Crippen LogP contribution in [0, 0.1) is 0 Å². The first-order valence-electron chi connectivity index (χ1n) is 1.52. The third kappa shape index (κ3) is 1.92. The number of rotatable bonds is 1. The third-order valence-corrected chi connectivity index (χ3v) is 0.525. The number of halogens is 3. The number of hydrogen-bond acceptors (Lipinski definition) is 1. The Morgan fingerprint density at radius 2 is 2.25 bits per heavy atom. The van der Waals surface area contributed by atoms with Crippen LogP contribution < -0.4 is 0 Å². The SMILES string of the molecule is O=C(O)N(F)C(F)Cl. The first-order chi connectivity index (χ1) is 3.55. The van der Waals surface area contributed by atoms with Gasteiger partial charge in [0.25, 0.3) is 5.75 Å². The van der Waals surface area contributed by atoms with Gasteiger partial charge in [-0.05, 0) is 0 Å². The van der Waals surface area contributed by atoms with Crippen LogP contribution in [0.3, 0.4) is 0 Å². The molecule has 0 rings (SSSR count). The Morgan fingerprint density at radius 1 is 1.88 bits per heavy atom. The molecule has 0 aromatic carbocycles. The molecule has 3 nitrogen and oxygen atoms in total. The van der Waals surface area contributed by atoms with Crippen LogP contribution in [0.15, 0.2) is 0 Å². The third-order valence-electron chi connectivity index (χ3n) is 0.354. The van der Waals surface area contributed by atoms with Gasteiger partial charge in [0.05, 0.1) is 0 Å². The van der Waals surface area contributed by atoms with E-state index >= 15 is 0 Å². The molecule has 0 spiro atoms. The van der Waals surface area contributed by atoms with Crippen LogP contribution in [0.4, 0.5) is 13.7 Å². The maximum absolute atomic E-state index is 11.4. The summed E-state index contributed by atoms with van der Waals surface area (Å²) in [6.45, 7) is 0. The molecule has 1 amide bonds. The molecule has 0 bridgehead atoms. The van der Waals surface area contributed by atoms with Crippen LogP contribution in [0.25, 0.3) is 0 Å². The summed E-state index contributed by atoms with van der Waals surface area (Å²) < 4.78 is 22.7. The number of carbonyl (C=O) groups is 1. The van der Waals surface area contributed by atoms with Crippen molar-refractivity contribution in [3.8, 4) is 0 Å². The minimum Gasteiger partial charge on any atom is -0.463 e. The molecule has 1 atom stereocenters. The van der Waals surface area contributed by atoms with E-state index in [1.165, 1.54) is 0 Å². The van der Waals surface area contributed by atoms with E-state index in [1.54, 1.807) is 0 Å². The zero-order valence-corrected chi connectivity index (χ0v) is 4.27. The molecule has 0 saturated heterocycles. The maximum Gasteiger partial charge on any atom is 0.439 e. The van der Waals surface area contributed by atoms with Crippen LogP contribution in [0.2, 0.25) is 0 Å². The van der Waals surface area contributed by atoms with Crippen molar-refractivity contribution < 1.29 is 18.8 Å². The summed E-state index contributed by atoms with van der Waals surface area (Å²) in [5.41, 5.74) is 0. The summed E-state index contributed by atoms with van der Waals surface area (Å²) >= 11 is 4.33. The van der Waals surface area contributed by atoms with Crippen LogP contribution >= 0.6 is 11.6 Å². The standard InChI is InChI=1S/C2H2ClF2NO2/c3-1(4)6(5)2(7)8/h1H,(H,7,8). The topological polar surface area (TPSA) is 40.5 Å². The zero-order valence-electron chi connectivity index (χ0n) is 3.51. The van der Waals surface area contributed by atoms with Gasteiger partial charge in [-0.3, -0.25) is 0 Å². The monoisotopic (exact) mass is 145 g/mol. The Morgan fingerprint density at radius 3 is 2.25 bits per heavy atom. The molecule has 0 heterocycles. The summed E-state index contributed by atoms with van der Waals surface area (Å²) in [6.07, 6.45) is -2.05. The van der Waals surface area contributed by atoms with Gasteiger partial charge < -0.3 is 5.11 Å². The van der Waals surface area contributed by atoms with Gasteiger partial charge in [-0.1, -0.05) is 21.2 Å². The number of nitrogens with zero attached hydrogens (tertiary/aromatic N) is 1. The molecule has 0 aliphatic rings. The van der Waals surface area contributed by atoms with Crippen molar-refractivity contribution in [1.82, 2.24) is 5.12 Å². The highest BCUT2D eigenvalue weighted by atomic mass is 35.5. The van der Waals surface area contributed by atoms with E-state index < -0.39 is 17.0 Å². The molecule has 0 fully saturated rings. The molecule has 8 heavy (non-hydrogen) atoms. The lowest BCUT2D eigenvalue weighted by molar-refractivity contribution is -0.0190. The number of alkyl halides is 2. The molecule has 0 aromatic heterocycles. The lowest BCUT2D eigenvalue weighted by Crippen LogP contribution is -2.24. The highest BCUT2D eigenvalue weighted by Crippen LogP contribution is 2.05. The van der Waals surface area contributed by atoms with Gasteiger partial charge >= 0.3 is 6.09 Å². The lowest BCUT2D eigenvalue weighted by atomic mass is 11.1. The molecule has 0 aromatic rings. The Hall–Kier alpha value is -0.580. The van der Waals surface area contributed by atoms with Gasteiger partial charge in [-0.2, -0.15) is 0 Å². The highest BCUT2D eigenvalue weighted by Gasteiger charge is 2.18. The van der Waals surface area contributed by atoms with Crippen molar-refractivity contribution in [2.24, 2.45) is 0 Å². The van der Waals surface area contributed by atoms with Gasteiger partial charge in [0.1, 0.15) is 0 Å². The van der Waals surface area contributed by atoms with Crippen molar-refractivity contribution in [3.05, 3.63) is 0 Å².